The maximum Gasteiger partial charge on any atom is 0.338 e. The highest BCUT2D eigenvalue weighted by Gasteiger charge is 2.61. The molecule has 33 heavy (non-hydrogen) atoms. The third kappa shape index (κ3) is 3.49. The monoisotopic (exact) mass is 448 g/mol. The summed E-state index contributed by atoms with van der Waals surface area (Å²) in [5.74, 6) is -1.50. The Hall–Kier alpha value is -3.88. The molecule has 3 aliphatic rings. The number of nitrogens with zero attached hydrogens (tertiary/aromatic N) is 2. The number of hydrogen-bond acceptors (Lipinski definition) is 7. The van der Waals surface area contributed by atoms with Crippen molar-refractivity contribution in [2.75, 3.05) is 11.5 Å². The summed E-state index contributed by atoms with van der Waals surface area (Å²) in [6, 6.07) is 11.1. The molecule has 1 aliphatic heterocycles. The maximum absolute atomic E-state index is 12.9. The van der Waals surface area contributed by atoms with E-state index in [1.54, 1.807) is 0 Å². The van der Waals surface area contributed by atoms with Crippen LogP contribution in [0.2, 0.25) is 0 Å². The SMILES string of the molecule is O=C(COC(=O)c1ccc(N2C(=O)[C@@H]3[C@H]4CC[C@@H](C4)[C@@H]3C2=O)cc1)c1cccc([N+](=O)[O-])c1. The van der Waals surface area contributed by atoms with E-state index in [4.69, 9.17) is 4.74 Å². The van der Waals surface area contributed by atoms with E-state index >= 15 is 0 Å². The number of benzene rings is 2. The molecule has 2 bridgehead atoms. The molecule has 2 saturated carbocycles. The number of fused-ring (bicyclic) bond motifs is 5. The Morgan fingerprint density at radius 2 is 1.61 bits per heavy atom. The minimum absolute atomic E-state index is 0.0675. The molecular formula is C24H20N2O7. The number of hydrogen-bond donors (Lipinski definition) is 0. The van der Waals surface area contributed by atoms with Crippen molar-refractivity contribution >= 4 is 34.9 Å². The van der Waals surface area contributed by atoms with E-state index in [0.29, 0.717) is 17.5 Å². The number of ketones is 1. The molecule has 4 atom stereocenters. The number of amides is 2. The number of imide groups is 1. The van der Waals surface area contributed by atoms with Crippen LogP contribution in [0.4, 0.5) is 11.4 Å². The van der Waals surface area contributed by atoms with E-state index in [1.165, 1.54) is 47.4 Å². The van der Waals surface area contributed by atoms with Crippen LogP contribution in [0, 0.1) is 33.8 Å². The van der Waals surface area contributed by atoms with Gasteiger partial charge in [-0.25, -0.2) is 4.79 Å². The average molecular weight is 448 g/mol. The molecule has 2 amide bonds. The second-order valence-electron chi connectivity index (χ2n) is 8.75. The molecule has 1 saturated heterocycles. The smallest absolute Gasteiger partial charge is 0.338 e. The van der Waals surface area contributed by atoms with Crippen molar-refractivity contribution in [3.63, 3.8) is 0 Å². The van der Waals surface area contributed by atoms with Gasteiger partial charge in [-0.05, 0) is 55.4 Å². The number of esters is 1. The van der Waals surface area contributed by atoms with Gasteiger partial charge in [0.1, 0.15) is 0 Å². The van der Waals surface area contributed by atoms with Gasteiger partial charge < -0.3 is 4.74 Å². The first kappa shape index (κ1) is 21.0. The molecule has 2 aliphatic carbocycles. The predicted octanol–water partition coefficient (Wildman–Crippen LogP) is 3.17. The molecule has 5 rings (SSSR count). The largest absolute Gasteiger partial charge is 0.454 e. The van der Waals surface area contributed by atoms with Crippen molar-refractivity contribution < 1.29 is 28.8 Å². The van der Waals surface area contributed by atoms with Crippen LogP contribution in [0.15, 0.2) is 48.5 Å². The average Bonchev–Trinajstić information content (AvgIpc) is 3.51. The van der Waals surface area contributed by atoms with Gasteiger partial charge in [-0.1, -0.05) is 12.1 Å². The van der Waals surface area contributed by atoms with Gasteiger partial charge in [-0.3, -0.25) is 29.4 Å². The molecule has 0 unspecified atom stereocenters. The van der Waals surface area contributed by atoms with Crippen molar-refractivity contribution in [1.82, 2.24) is 0 Å². The third-order valence-corrected chi connectivity index (χ3v) is 7.00. The summed E-state index contributed by atoms with van der Waals surface area (Å²) in [6.45, 7) is -0.572. The van der Waals surface area contributed by atoms with Crippen molar-refractivity contribution in [3.05, 3.63) is 69.8 Å². The van der Waals surface area contributed by atoms with E-state index in [9.17, 15) is 29.3 Å². The summed E-state index contributed by atoms with van der Waals surface area (Å²) >= 11 is 0. The van der Waals surface area contributed by atoms with Crippen LogP contribution in [-0.4, -0.2) is 35.1 Å². The first-order valence-electron chi connectivity index (χ1n) is 10.8. The van der Waals surface area contributed by atoms with Crippen molar-refractivity contribution in [1.29, 1.82) is 0 Å². The van der Waals surface area contributed by atoms with Crippen LogP contribution < -0.4 is 4.90 Å². The molecular weight excluding hydrogens is 428 g/mol. The quantitative estimate of drug-likeness (QED) is 0.219. The Kier molecular flexibility index (Phi) is 5.03. The first-order chi connectivity index (χ1) is 15.8. The number of nitro benzene ring substituents is 1. The highest BCUT2D eigenvalue weighted by atomic mass is 16.6. The van der Waals surface area contributed by atoms with Gasteiger partial charge in [0.05, 0.1) is 28.0 Å². The van der Waals surface area contributed by atoms with Crippen molar-refractivity contribution in [3.8, 4) is 0 Å². The highest BCUT2D eigenvalue weighted by molar-refractivity contribution is 6.22. The van der Waals surface area contributed by atoms with E-state index in [1.807, 2.05) is 0 Å². The summed E-state index contributed by atoms with van der Waals surface area (Å²) in [4.78, 5) is 61.9. The highest BCUT2D eigenvalue weighted by Crippen LogP contribution is 2.56. The molecule has 0 aromatic heterocycles. The van der Waals surface area contributed by atoms with Gasteiger partial charge in [0.2, 0.25) is 17.6 Å². The van der Waals surface area contributed by atoms with Gasteiger partial charge in [0.25, 0.3) is 5.69 Å². The Labute approximate surface area is 188 Å². The number of Topliss-reactive ketones (excluding diaryl/α,β-unsaturated/α-hetero) is 1. The molecule has 2 aromatic carbocycles. The van der Waals surface area contributed by atoms with Gasteiger partial charge in [-0.2, -0.15) is 0 Å². The normalized spacial score (nSPS) is 25.3. The minimum atomic E-state index is -0.755. The number of carbonyl (C=O) groups excluding carboxylic acids is 4. The van der Waals surface area contributed by atoms with Gasteiger partial charge >= 0.3 is 5.97 Å². The summed E-state index contributed by atoms with van der Waals surface area (Å²) in [7, 11) is 0. The lowest BCUT2D eigenvalue weighted by atomic mass is 9.81. The van der Waals surface area contributed by atoms with Gasteiger partial charge in [0.15, 0.2) is 6.61 Å². The zero-order chi connectivity index (χ0) is 23.3. The lowest BCUT2D eigenvalue weighted by Crippen LogP contribution is -2.32. The van der Waals surface area contributed by atoms with Crippen LogP contribution >= 0.6 is 0 Å². The lowest BCUT2D eigenvalue weighted by Gasteiger charge is -2.19. The molecule has 0 radical (unpaired) electrons. The fourth-order valence-corrected chi connectivity index (χ4v) is 5.50. The van der Waals surface area contributed by atoms with Crippen LogP contribution in [0.5, 0.6) is 0 Å². The fourth-order valence-electron chi connectivity index (χ4n) is 5.50. The molecule has 9 nitrogen and oxygen atoms in total. The third-order valence-electron chi connectivity index (χ3n) is 7.00. The first-order valence-corrected chi connectivity index (χ1v) is 10.8. The molecule has 1 heterocycles. The zero-order valence-electron chi connectivity index (χ0n) is 17.5. The molecule has 0 N–H and O–H groups in total. The summed E-state index contributed by atoms with van der Waals surface area (Å²) in [6.07, 6.45) is 2.96. The Bertz CT molecular complexity index is 1160. The number of carbonyl (C=O) groups is 4. The number of ether oxygens (including phenoxy) is 1. The topological polar surface area (TPSA) is 124 Å². The number of non-ortho nitro benzene ring substituents is 1. The van der Waals surface area contributed by atoms with Crippen LogP contribution in [-0.2, 0) is 14.3 Å². The molecule has 3 fully saturated rings. The Morgan fingerprint density at radius 3 is 2.21 bits per heavy atom. The summed E-state index contributed by atoms with van der Waals surface area (Å²) in [5, 5.41) is 10.8. The summed E-state index contributed by atoms with van der Waals surface area (Å²) in [5.41, 5.74) is 0.414. The predicted molar refractivity (Wildman–Crippen MR) is 114 cm³/mol. The molecule has 0 spiro atoms. The van der Waals surface area contributed by atoms with E-state index < -0.39 is 23.3 Å². The molecule has 168 valence electrons. The number of anilines is 1. The fraction of sp³-hybridized carbons (Fsp3) is 0.333. The minimum Gasteiger partial charge on any atom is -0.454 e. The van der Waals surface area contributed by atoms with Crippen LogP contribution in [0.25, 0.3) is 0 Å². The standard InChI is InChI=1S/C24H20N2O7/c27-19(14-2-1-3-18(11-14)26(31)32)12-33-24(30)13-6-8-17(9-7-13)25-22(28)20-15-4-5-16(10-15)21(20)23(25)29/h1-3,6-9,11,15-16,20-21H,4-5,10,12H2/t15-,16-,20-,21+/m0/s1. The molecule has 9 heteroatoms. The Balaban J connectivity index is 1.24. The van der Waals surface area contributed by atoms with E-state index in [2.05, 4.69) is 0 Å². The zero-order valence-corrected chi connectivity index (χ0v) is 17.5. The lowest BCUT2D eigenvalue weighted by molar-refractivity contribution is -0.384. The number of rotatable bonds is 6. The van der Waals surface area contributed by atoms with Crippen LogP contribution in [0.3, 0.4) is 0 Å². The van der Waals surface area contributed by atoms with Crippen molar-refractivity contribution in [2.45, 2.75) is 19.3 Å². The maximum atomic E-state index is 12.9. The second-order valence-corrected chi connectivity index (χ2v) is 8.75. The van der Waals surface area contributed by atoms with Crippen LogP contribution in [0.1, 0.15) is 40.0 Å². The Morgan fingerprint density at radius 1 is 0.970 bits per heavy atom. The second kappa shape index (κ2) is 7.91. The van der Waals surface area contributed by atoms with E-state index in [-0.39, 0.29) is 40.5 Å². The van der Waals surface area contributed by atoms with Gasteiger partial charge in [0, 0.05) is 17.7 Å². The van der Waals surface area contributed by atoms with Crippen molar-refractivity contribution in [2.24, 2.45) is 23.7 Å². The van der Waals surface area contributed by atoms with E-state index in [0.717, 1.165) is 25.3 Å². The van der Waals surface area contributed by atoms with Gasteiger partial charge in [-0.15, -0.1) is 0 Å². The number of nitro groups is 1. The molecule has 2 aromatic rings. The summed E-state index contributed by atoms with van der Waals surface area (Å²) < 4.78 is 5.04.